The van der Waals surface area contributed by atoms with Crippen LogP contribution >= 0.6 is 0 Å². The standard InChI is InChI=1S/C22H24FN7O4/c1-4-22(2,3)34-21(33)17-12-28(26-24-17)10-9-14(23)11-29-13-18(25-27-29)30-19(31)15-7-5-6-8-16(15)20(30)32/h5-8,12-14H,4,9-11H2,1-3H3. The van der Waals surface area contributed by atoms with Crippen LogP contribution in [0.4, 0.5) is 10.2 Å². The van der Waals surface area contributed by atoms with Crippen molar-refractivity contribution in [2.24, 2.45) is 0 Å². The van der Waals surface area contributed by atoms with E-state index in [0.29, 0.717) is 17.5 Å². The van der Waals surface area contributed by atoms with Crippen molar-refractivity contribution in [3.63, 3.8) is 0 Å². The zero-order valence-electron chi connectivity index (χ0n) is 19.0. The van der Waals surface area contributed by atoms with Crippen LogP contribution in [0.5, 0.6) is 0 Å². The number of carbonyl (C=O) groups excluding carboxylic acids is 3. The molecule has 4 rings (SSSR count). The first-order chi connectivity index (χ1) is 16.2. The summed E-state index contributed by atoms with van der Waals surface area (Å²) in [6.07, 6.45) is 2.16. The van der Waals surface area contributed by atoms with Crippen molar-refractivity contribution in [2.75, 3.05) is 4.90 Å². The molecule has 34 heavy (non-hydrogen) atoms. The summed E-state index contributed by atoms with van der Waals surface area (Å²) >= 11 is 0. The molecule has 0 radical (unpaired) electrons. The molecule has 178 valence electrons. The molecule has 0 fully saturated rings. The quantitative estimate of drug-likeness (QED) is 0.346. The highest BCUT2D eigenvalue weighted by Crippen LogP contribution is 2.26. The van der Waals surface area contributed by atoms with Gasteiger partial charge < -0.3 is 4.74 Å². The molecule has 11 nitrogen and oxygen atoms in total. The molecule has 1 aromatic carbocycles. The number of imide groups is 1. The lowest BCUT2D eigenvalue weighted by atomic mass is 10.1. The maximum atomic E-state index is 14.6. The molecule has 1 unspecified atom stereocenters. The van der Waals surface area contributed by atoms with Crippen LogP contribution in [0.25, 0.3) is 0 Å². The Bertz CT molecular complexity index is 1200. The minimum atomic E-state index is -1.32. The summed E-state index contributed by atoms with van der Waals surface area (Å²) in [4.78, 5) is 38.2. The third-order valence-electron chi connectivity index (χ3n) is 5.57. The topological polar surface area (TPSA) is 125 Å². The lowest BCUT2D eigenvalue weighted by Crippen LogP contribution is -2.29. The first-order valence-corrected chi connectivity index (χ1v) is 10.8. The van der Waals surface area contributed by atoms with Crippen molar-refractivity contribution in [3.05, 3.63) is 53.5 Å². The number of rotatable bonds is 9. The lowest BCUT2D eigenvalue weighted by Gasteiger charge is -2.22. The van der Waals surface area contributed by atoms with Gasteiger partial charge in [0.15, 0.2) is 11.5 Å². The second kappa shape index (κ2) is 9.12. The van der Waals surface area contributed by atoms with Crippen molar-refractivity contribution in [1.29, 1.82) is 0 Å². The molecule has 3 heterocycles. The molecular formula is C22H24FN7O4. The fourth-order valence-electron chi connectivity index (χ4n) is 3.32. The number of hydrogen-bond acceptors (Lipinski definition) is 8. The predicted octanol–water partition coefficient (Wildman–Crippen LogP) is 2.44. The zero-order chi connectivity index (χ0) is 24.5. The molecule has 0 bridgehead atoms. The third-order valence-corrected chi connectivity index (χ3v) is 5.57. The van der Waals surface area contributed by atoms with Gasteiger partial charge in [-0.3, -0.25) is 14.3 Å². The molecule has 2 aromatic heterocycles. The van der Waals surface area contributed by atoms with Crippen LogP contribution in [0.1, 0.15) is 64.8 Å². The molecule has 0 spiro atoms. The number of halogens is 1. The van der Waals surface area contributed by atoms with Gasteiger partial charge in [-0.15, -0.1) is 10.2 Å². The average Bonchev–Trinajstić information content (AvgIpc) is 3.52. The summed E-state index contributed by atoms with van der Waals surface area (Å²) in [5.74, 6) is -1.54. The van der Waals surface area contributed by atoms with E-state index in [1.165, 1.54) is 21.8 Å². The molecular weight excluding hydrogens is 445 g/mol. The molecule has 0 N–H and O–H groups in total. The van der Waals surface area contributed by atoms with Crippen molar-refractivity contribution in [1.82, 2.24) is 30.0 Å². The molecule has 1 aliphatic heterocycles. The summed E-state index contributed by atoms with van der Waals surface area (Å²) in [6, 6.07) is 6.48. The minimum Gasteiger partial charge on any atom is -0.455 e. The van der Waals surface area contributed by atoms with Crippen LogP contribution in [-0.4, -0.2) is 59.5 Å². The van der Waals surface area contributed by atoms with Gasteiger partial charge in [0, 0.05) is 13.0 Å². The van der Waals surface area contributed by atoms with Gasteiger partial charge in [0.25, 0.3) is 11.8 Å². The number of fused-ring (bicyclic) bond motifs is 1. The van der Waals surface area contributed by atoms with Crippen LogP contribution in [-0.2, 0) is 17.8 Å². The highest BCUT2D eigenvalue weighted by molar-refractivity contribution is 6.34. The van der Waals surface area contributed by atoms with E-state index in [-0.39, 0.29) is 31.0 Å². The maximum absolute atomic E-state index is 14.6. The van der Waals surface area contributed by atoms with Gasteiger partial charge >= 0.3 is 5.97 Å². The van der Waals surface area contributed by atoms with Crippen molar-refractivity contribution < 1.29 is 23.5 Å². The molecule has 12 heteroatoms. The molecule has 0 aliphatic carbocycles. The van der Waals surface area contributed by atoms with E-state index in [1.807, 2.05) is 6.92 Å². The fraction of sp³-hybridized carbons (Fsp3) is 0.409. The Labute approximate surface area is 194 Å². The van der Waals surface area contributed by atoms with E-state index >= 15 is 0 Å². The monoisotopic (exact) mass is 469 g/mol. The van der Waals surface area contributed by atoms with Gasteiger partial charge in [0.1, 0.15) is 11.8 Å². The number of alkyl halides is 1. The maximum Gasteiger partial charge on any atom is 0.361 e. The molecule has 1 atom stereocenters. The van der Waals surface area contributed by atoms with Crippen molar-refractivity contribution in [2.45, 2.75) is 58.5 Å². The number of hydrogen-bond donors (Lipinski definition) is 0. The number of benzene rings is 1. The van der Waals surface area contributed by atoms with Gasteiger partial charge in [0.05, 0.1) is 30.1 Å². The zero-order valence-corrected chi connectivity index (χ0v) is 19.0. The Kier molecular flexibility index (Phi) is 6.22. The van der Waals surface area contributed by atoms with Crippen LogP contribution in [0.3, 0.4) is 0 Å². The number of ether oxygens (including phenoxy) is 1. The summed E-state index contributed by atoms with van der Waals surface area (Å²) in [5.41, 5.74) is 0.0209. The first-order valence-electron chi connectivity index (χ1n) is 10.8. The van der Waals surface area contributed by atoms with Gasteiger partial charge in [-0.25, -0.2) is 18.8 Å². The Morgan fingerprint density at radius 3 is 2.35 bits per heavy atom. The summed E-state index contributed by atoms with van der Waals surface area (Å²) in [7, 11) is 0. The number of aromatic nitrogens is 6. The van der Waals surface area contributed by atoms with Crippen LogP contribution in [0.2, 0.25) is 0 Å². The number of nitrogens with zero attached hydrogens (tertiary/aromatic N) is 7. The van der Waals surface area contributed by atoms with E-state index < -0.39 is 29.6 Å². The van der Waals surface area contributed by atoms with Crippen LogP contribution in [0, 0.1) is 0 Å². The number of esters is 1. The van der Waals surface area contributed by atoms with E-state index in [1.54, 1.807) is 38.1 Å². The Morgan fingerprint density at radius 2 is 1.71 bits per heavy atom. The van der Waals surface area contributed by atoms with Gasteiger partial charge in [-0.05, 0) is 32.4 Å². The van der Waals surface area contributed by atoms with E-state index in [9.17, 15) is 18.8 Å². The third kappa shape index (κ3) is 4.70. The first kappa shape index (κ1) is 23.2. The fourth-order valence-corrected chi connectivity index (χ4v) is 3.32. The molecule has 3 aromatic rings. The lowest BCUT2D eigenvalue weighted by molar-refractivity contribution is -0.00310. The highest BCUT2D eigenvalue weighted by Gasteiger charge is 2.38. The highest BCUT2D eigenvalue weighted by atomic mass is 19.1. The Hall–Kier alpha value is -3.96. The molecule has 0 saturated carbocycles. The smallest absolute Gasteiger partial charge is 0.361 e. The Balaban J connectivity index is 1.32. The normalized spacial score (nSPS) is 14.4. The number of amides is 2. The summed E-state index contributed by atoms with van der Waals surface area (Å²) in [6.45, 7) is 5.55. The number of carbonyl (C=O) groups is 3. The minimum absolute atomic E-state index is 0.0350. The second-order valence-corrected chi connectivity index (χ2v) is 8.55. The molecule has 2 amide bonds. The molecule has 0 saturated heterocycles. The summed E-state index contributed by atoms with van der Waals surface area (Å²) < 4.78 is 22.6. The number of anilines is 1. The van der Waals surface area contributed by atoms with Gasteiger partial charge in [-0.1, -0.05) is 29.5 Å². The second-order valence-electron chi connectivity index (χ2n) is 8.55. The van der Waals surface area contributed by atoms with Gasteiger partial charge in [-0.2, -0.15) is 0 Å². The number of aryl methyl sites for hydroxylation is 1. The predicted molar refractivity (Wildman–Crippen MR) is 117 cm³/mol. The van der Waals surface area contributed by atoms with E-state index in [0.717, 1.165) is 4.90 Å². The molecule has 1 aliphatic rings. The van der Waals surface area contributed by atoms with Crippen molar-refractivity contribution in [3.8, 4) is 0 Å². The van der Waals surface area contributed by atoms with E-state index in [2.05, 4.69) is 20.6 Å². The largest absolute Gasteiger partial charge is 0.455 e. The van der Waals surface area contributed by atoms with Gasteiger partial charge in [0.2, 0.25) is 0 Å². The summed E-state index contributed by atoms with van der Waals surface area (Å²) in [5, 5.41) is 15.3. The average molecular weight is 469 g/mol. The van der Waals surface area contributed by atoms with Crippen LogP contribution in [0.15, 0.2) is 36.7 Å². The van der Waals surface area contributed by atoms with Crippen molar-refractivity contribution >= 4 is 23.6 Å². The van der Waals surface area contributed by atoms with E-state index in [4.69, 9.17) is 4.74 Å². The SMILES string of the molecule is CCC(C)(C)OC(=O)c1cn(CCC(F)Cn2cc(N3C(=O)c4ccccc4C3=O)nn2)nn1. The van der Waals surface area contributed by atoms with Crippen LogP contribution < -0.4 is 4.90 Å². The Morgan fingerprint density at radius 1 is 1.06 bits per heavy atom.